The third-order valence-electron chi connectivity index (χ3n) is 3.33. The number of nitrogens with one attached hydrogen (secondary N) is 1. The van der Waals surface area contributed by atoms with Crippen LogP contribution in [-0.4, -0.2) is 37.5 Å². The van der Waals surface area contributed by atoms with Crippen LogP contribution in [0.5, 0.6) is 0 Å². The number of hydrogen-bond donors (Lipinski definition) is 1. The molecule has 0 amide bonds. The second-order valence-electron chi connectivity index (χ2n) is 4.57. The van der Waals surface area contributed by atoms with Crippen LogP contribution in [-0.2, 0) is 0 Å². The molecule has 1 aliphatic heterocycles. The summed E-state index contributed by atoms with van der Waals surface area (Å²) < 4.78 is 26.7. The van der Waals surface area contributed by atoms with E-state index < -0.39 is 12.5 Å². The maximum absolute atomic E-state index is 13.4. The molecule has 5 heteroatoms. The molecule has 1 heterocycles. The van der Waals surface area contributed by atoms with Crippen molar-refractivity contribution in [3.63, 3.8) is 0 Å². The van der Waals surface area contributed by atoms with Gasteiger partial charge in [0.2, 0.25) is 0 Å². The Balaban J connectivity index is 2.28. The molecule has 0 spiro atoms. The van der Waals surface area contributed by atoms with Gasteiger partial charge in [-0.3, -0.25) is 4.90 Å². The summed E-state index contributed by atoms with van der Waals surface area (Å²) >= 11 is 5.88. The van der Waals surface area contributed by atoms with Crippen molar-refractivity contribution in [3.8, 4) is 0 Å². The largest absolute Gasteiger partial charge is 0.314 e. The molecule has 1 saturated heterocycles. The summed E-state index contributed by atoms with van der Waals surface area (Å²) in [5.41, 5.74) is 1.50. The standard InChI is InChI=1S/C13H17ClF2N2/c1-9-8-10(14)2-3-11(9)12(13(15)16)18-6-4-17-5-7-18/h2-3,8,12-13,17H,4-7H2,1H3/t12-/m1/s1. The molecule has 1 aromatic carbocycles. The first-order valence-corrected chi connectivity index (χ1v) is 6.46. The van der Waals surface area contributed by atoms with Gasteiger partial charge in [0.25, 0.3) is 6.43 Å². The van der Waals surface area contributed by atoms with E-state index in [-0.39, 0.29) is 0 Å². The number of rotatable bonds is 3. The van der Waals surface area contributed by atoms with Crippen LogP contribution in [0.1, 0.15) is 17.2 Å². The zero-order valence-electron chi connectivity index (χ0n) is 10.3. The number of nitrogens with zero attached hydrogens (tertiary/aromatic N) is 1. The molecule has 1 aliphatic rings. The van der Waals surface area contributed by atoms with Gasteiger partial charge in [-0.05, 0) is 30.2 Å². The Morgan fingerprint density at radius 2 is 1.94 bits per heavy atom. The fourth-order valence-electron chi connectivity index (χ4n) is 2.42. The minimum atomic E-state index is -2.39. The fourth-order valence-corrected chi connectivity index (χ4v) is 2.65. The smallest absolute Gasteiger partial charge is 0.258 e. The highest BCUT2D eigenvalue weighted by atomic mass is 35.5. The average Bonchev–Trinajstić information content (AvgIpc) is 2.33. The lowest BCUT2D eigenvalue weighted by Crippen LogP contribution is -2.47. The second kappa shape index (κ2) is 5.95. The van der Waals surface area contributed by atoms with E-state index in [1.807, 2.05) is 11.8 Å². The summed E-state index contributed by atoms with van der Waals surface area (Å²) in [6.45, 7) is 4.65. The van der Waals surface area contributed by atoms with E-state index in [4.69, 9.17) is 11.6 Å². The summed E-state index contributed by atoms with van der Waals surface area (Å²) in [7, 11) is 0. The second-order valence-corrected chi connectivity index (χ2v) is 5.00. The van der Waals surface area contributed by atoms with Crippen LogP contribution in [0.15, 0.2) is 18.2 Å². The molecular formula is C13H17ClF2N2. The molecule has 2 nitrogen and oxygen atoms in total. The van der Waals surface area contributed by atoms with Crippen molar-refractivity contribution in [2.45, 2.75) is 19.4 Å². The number of benzene rings is 1. The van der Waals surface area contributed by atoms with E-state index in [0.29, 0.717) is 23.7 Å². The van der Waals surface area contributed by atoms with Gasteiger partial charge < -0.3 is 5.32 Å². The molecule has 0 radical (unpaired) electrons. The maximum Gasteiger partial charge on any atom is 0.258 e. The number of hydrogen-bond acceptors (Lipinski definition) is 2. The molecule has 100 valence electrons. The van der Waals surface area contributed by atoms with Crippen LogP contribution in [0, 0.1) is 6.92 Å². The predicted octanol–water partition coefficient (Wildman–Crippen LogP) is 2.86. The quantitative estimate of drug-likeness (QED) is 0.912. The van der Waals surface area contributed by atoms with Crippen LogP contribution in [0.4, 0.5) is 8.78 Å². The molecule has 1 atom stereocenters. The first kappa shape index (κ1) is 13.7. The van der Waals surface area contributed by atoms with E-state index in [9.17, 15) is 8.78 Å². The molecule has 0 aromatic heterocycles. The van der Waals surface area contributed by atoms with Crippen molar-refractivity contribution in [1.82, 2.24) is 10.2 Å². The van der Waals surface area contributed by atoms with E-state index >= 15 is 0 Å². The molecule has 1 fully saturated rings. The van der Waals surface area contributed by atoms with Gasteiger partial charge in [0.1, 0.15) is 0 Å². The van der Waals surface area contributed by atoms with Crippen LogP contribution >= 0.6 is 11.6 Å². The summed E-state index contributed by atoms with van der Waals surface area (Å²) in [5.74, 6) is 0. The molecule has 1 N–H and O–H groups in total. The lowest BCUT2D eigenvalue weighted by Gasteiger charge is -2.35. The molecule has 0 aliphatic carbocycles. The predicted molar refractivity (Wildman–Crippen MR) is 69.4 cm³/mol. The summed E-state index contributed by atoms with van der Waals surface area (Å²) in [4.78, 5) is 1.84. The van der Waals surface area contributed by atoms with Gasteiger partial charge in [-0.15, -0.1) is 0 Å². The lowest BCUT2D eigenvalue weighted by molar-refractivity contribution is 0.0178. The number of halogens is 3. The van der Waals surface area contributed by atoms with E-state index in [1.54, 1.807) is 18.2 Å². The van der Waals surface area contributed by atoms with Crippen molar-refractivity contribution < 1.29 is 8.78 Å². The first-order chi connectivity index (χ1) is 8.59. The molecular weight excluding hydrogens is 258 g/mol. The normalized spacial score (nSPS) is 19.2. The molecule has 0 saturated carbocycles. The highest BCUT2D eigenvalue weighted by Gasteiger charge is 2.30. The SMILES string of the molecule is Cc1cc(Cl)ccc1[C@H](C(F)F)N1CCNCC1. The topological polar surface area (TPSA) is 15.3 Å². The van der Waals surface area contributed by atoms with Gasteiger partial charge in [0, 0.05) is 31.2 Å². The minimum absolute atomic E-state index is 0.588. The molecule has 0 bridgehead atoms. The monoisotopic (exact) mass is 274 g/mol. The van der Waals surface area contributed by atoms with Gasteiger partial charge in [0.15, 0.2) is 0 Å². The first-order valence-electron chi connectivity index (χ1n) is 6.08. The summed E-state index contributed by atoms with van der Waals surface area (Å²) in [6, 6.07) is 4.32. The van der Waals surface area contributed by atoms with Crippen molar-refractivity contribution in [1.29, 1.82) is 0 Å². The highest BCUT2D eigenvalue weighted by molar-refractivity contribution is 6.30. The number of piperazine rings is 1. The molecule has 18 heavy (non-hydrogen) atoms. The summed E-state index contributed by atoms with van der Waals surface area (Å²) in [6.07, 6.45) is -2.39. The zero-order valence-corrected chi connectivity index (χ0v) is 11.1. The van der Waals surface area contributed by atoms with E-state index in [2.05, 4.69) is 5.32 Å². The van der Waals surface area contributed by atoms with Crippen molar-refractivity contribution in [2.24, 2.45) is 0 Å². The van der Waals surface area contributed by atoms with Gasteiger partial charge in [-0.1, -0.05) is 17.7 Å². The minimum Gasteiger partial charge on any atom is -0.314 e. The van der Waals surface area contributed by atoms with Gasteiger partial charge in [-0.2, -0.15) is 0 Å². The van der Waals surface area contributed by atoms with Gasteiger partial charge in [0.05, 0.1) is 6.04 Å². The molecule has 2 rings (SSSR count). The average molecular weight is 275 g/mol. The Morgan fingerprint density at radius 3 is 2.50 bits per heavy atom. The summed E-state index contributed by atoms with van der Waals surface area (Å²) in [5, 5.41) is 3.76. The van der Waals surface area contributed by atoms with Crippen molar-refractivity contribution in [3.05, 3.63) is 34.3 Å². The van der Waals surface area contributed by atoms with Crippen LogP contribution < -0.4 is 5.32 Å². The fraction of sp³-hybridized carbons (Fsp3) is 0.538. The molecule has 0 unspecified atom stereocenters. The molecule has 1 aromatic rings. The zero-order chi connectivity index (χ0) is 13.1. The Labute approximate surface area is 111 Å². The highest BCUT2D eigenvalue weighted by Crippen LogP contribution is 2.31. The van der Waals surface area contributed by atoms with Crippen LogP contribution in [0.2, 0.25) is 5.02 Å². The van der Waals surface area contributed by atoms with Gasteiger partial charge in [-0.25, -0.2) is 8.78 Å². The Bertz CT molecular complexity index is 406. The Kier molecular flexibility index (Phi) is 4.54. The third kappa shape index (κ3) is 2.99. The maximum atomic E-state index is 13.4. The van der Waals surface area contributed by atoms with Crippen molar-refractivity contribution in [2.75, 3.05) is 26.2 Å². The lowest BCUT2D eigenvalue weighted by atomic mass is 9.99. The Hall–Kier alpha value is -0.710. The van der Waals surface area contributed by atoms with E-state index in [0.717, 1.165) is 18.7 Å². The van der Waals surface area contributed by atoms with Gasteiger partial charge >= 0.3 is 0 Å². The van der Waals surface area contributed by atoms with Crippen LogP contribution in [0.3, 0.4) is 0 Å². The number of aryl methyl sites for hydroxylation is 1. The van der Waals surface area contributed by atoms with E-state index in [1.165, 1.54) is 0 Å². The van der Waals surface area contributed by atoms with Crippen LogP contribution in [0.25, 0.3) is 0 Å². The third-order valence-corrected chi connectivity index (χ3v) is 3.57. The van der Waals surface area contributed by atoms with Crippen molar-refractivity contribution >= 4 is 11.6 Å². The Morgan fingerprint density at radius 1 is 1.28 bits per heavy atom. The number of alkyl halides is 2.